The molecule has 3 aliphatic heterocycles. The highest BCUT2D eigenvalue weighted by Crippen LogP contribution is 2.51. The van der Waals surface area contributed by atoms with Crippen LogP contribution in [0.1, 0.15) is 11.1 Å². The molecule has 4 aliphatic rings. The van der Waals surface area contributed by atoms with Gasteiger partial charge in [0.15, 0.2) is 18.6 Å². The number of ketones is 1. The van der Waals surface area contributed by atoms with E-state index in [1.54, 1.807) is 0 Å². The number of phosphoric ester groups is 1. The van der Waals surface area contributed by atoms with Gasteiger partial charge in [-0.1, -0.05) is 29.8 Å². The van der Waals surface area contributed by atoms with Gasteiger partial charge in [0.2, 0.25) is 5.78 Å². The maximum absolute atomic E-state index is 15.1. The Morgan fingerprint density at radius 1 is 1.19 bits per heavy atom. The van der Waals surface area contributed by atoms with Crippen LogP contribution in [-0.4, -0.2) is 90.9 Å². The first-order valence-corrected chi connectivity index (χ1v) is 14.2. The molecule has 0 aromatic heterocycles. The zero-order valence-electron chi connectivity index (χ0n) is 19.7. The van der Waals surface area contributed by atoms with Crippen LogP contribution < -0.4 is 5.32 Å². The van der Waals surface area contributed by atoms with Crippen LogP contribution in [-0.2, 0) is 43.1 Å². The van der Waals surface area contributed by atoms with Gasteiger partial charge >= 0.3 is 7.82 Å². The van der Waals surface area contributed by atoms with Gasteiger partial charge in [0.1, 0.15) is 29.7 Å². The van der Waals surface area contributed by atoms with Gasteiger partial charge in [-0.2, -0.15) is 0 Å². The summed E-state index contributed by atoms with van der Waals surface area (Å²) >= 11 is 1.26. The molecule has 37 heavy (non-hydrogen) atoms. The molecule has 15 heteroatoms. The molecule has 2 bridgehead atoms. The first-order chi connectivity index (χ1) is 17.6. The number of benzene rings is 1. The van der Waals surface area contributed by atoms with Gasteiger partial charge in [0.25, 0.3) is 5.79 Å². The highest BCUT2D eigenvalue weighted by atomic mass is 32.2. The maximum Gasteiger partial charge on any atom is 0.472 e. The number of ether oxygens (including phenoxy) is 4. The van der Waals surface area contributed by atoms with Crippen LogP contribution >= 0.6 is 19.6 Å². The van der Waals surface area contributed by atoms with E-state index in [1.807, 2.05) is 31.2 Å². The first-order valence-electron chi connectivity index (χ1n) is 11.6. The molecule has 0 radical (unpaired) electrons. The third-order valence-corrected chi connectivity index (χ3v) is 8.89. The molecule has 1 aliphatic carbocycles. The van der Waals surface area contributed by atoms with Crippen molar-refractivity contribution >= 4 is 31.7 Å². The normalized spacial score (nSPS) is 43.9. The van der Waals surface area contributed by atoms with E-state index in [-0.39, 0.29) is 6.61 Å². The number of halogens is 2. The van der Waals surface area contributed by atoms with Gasteiger partial charge in [-0.05, 0) is 12.5 Å². The summed E-state index contributed by atoms with van der Waals surface area (Å²) in [6.07, 6.45) is -9.87. The van der Waals surface area contributed by atoms with E-state index in [1.165, 1.54) is 11.8 Å². The van der Waals surface area contributed by atoms with Crippen molar-refractivity contribution in [2.24, 2.45) is 0 Å². The van der Waals surface area contributed by atoms with Crippen LogP contribution in [0, 0.1) is 12.3 Å². The number of aryl methyl sites for hydroxylation is 1. The van der Waals surface area contributed by atoms with Gasteiger partial charge in [-0.25, -0.2) is 13.3 Å². The number of phosphoric acid groups is 1. The Hall–Kier alpha value is -1.48. The smallest absolute Gasteiger partial charge is 0.370 e. The van der Waals surface area contributed by atoms with Gasteiger partial charge in [-0.3, -0.25) is 19.3 Å². The second-order valence-electron chi connectivity index (χ2n) is 9.18. The predicted octanol–water partition coefficient (Wildman–Crippen LogP) is 1.79. The van der Waals surface area contributed by atoms with Crippen LogP contribution in [0.25, 0.3) is 0 Å². The molecule has 4 fully saturated rings. The molecule has 1 aromatic carbocycles. The predicted molar refractivity (Wildman–Crippen MR) is 126 cm³/mol. The highest BCUT2D eigenvalue weighted by Gasteiger charge is 2.71. The van der Waals surface area contributed by atoms with E-state index in [0.29, 0.717) is 12.1 Å². The van der Waals surface area contributed by atoms with Crippen molar-refractivity contribution < 1.29 is 51.0 Å². The fraction of sp³-hybridized carbons (Fsp3) is 0.636. The largest absolute Gasteiger partial charge is 0.472 e. The lowest BCUT2D eigenvalue weighted by Gasteiger charge is -2.25. The third-order valence-electron chi connectivity index (χ3n) is 6.55. The third kappa shape index (κ3) is 5.49. The number of carbonyl (C=O) groups is 1. The minimum atomic E-state index is -4.87. The van der Waals surface area contributed by atoms with Crippen LogP contribution in [0.4, 0.5) is 8.78 Å². The summed E-state index contributed by atoms with van der Waals surface area (Å²) in [6, 6.07) is 7.75. The number of carbonyl (C=O) groups excluding carboxylic acids is 1. The van der Waals surface area contributed by atoms with Crippen molar-refractivity contribution in [2.75, 3.05) is 19.8 Å². The van der Waals surface area contributed by atoms with E-state index in [0.717, 1.165) is 11.1 Å². The minimum Gasteiger partial charge on any atom is -0.370 e. The molecular formula is C22H27F2N2O9PS. The summed E-state index contributed by atoms with van der Waals surface area (Å²) in [6.45, 7) is 0.574. The van der Waals surface area contributed by atoms with E-state index >= 15 is 8.78 Å². The molecule has 11 nitrogen and oxygen atoms in total. The van der Waals surface area contributed by atoms with Crippen LogP contribution in [0.15, 0.2) is 24.3 Å². The lowest BCUT2D eigenvalue weighted by atomic mass is 10.1. The molecule has 3 saturated heterocycles. The van der Waals surface area contributed by atoms with Crippen molar-refractivity contribution in [3.05, 3.63) is 35.4 Å². The lowest BCUT2D eigenvalue weighted by Crippen LogP contribution is -2.40. The fourth-order valence-corrected chi connectivity index (χ4v) is 6.66. The monoisotopic (exact) mass is 564 g/mol. The number of rotatable bonds is 5. The molecule has 3 heterocycles. The zero-order chi connectivity index (χ0) is 26.4. The quantitative estimate of drug-likeness (QED) is 0.273. The summed E-state index contributed by atoms with van der Waals surface area (Å²) in [5, 5.41) is 8.69. The molecular weight excluding hydrogens is 537 g/mol. The standard InChI is InChI=1S/C22H27F2N2O9PS/c1-11-2-4-12(5-3-11)9-37-20-19(27)22(20)31-7-15-18(17(24)21(33-15)26-10-25)35-36(28,29)32-8-13-16(23)14(34-22)6-30-13/h2-5,10,13-18,20-21H,6-9H2,1H3,(H2,25,26)(H,28,29)/t13-,14+,15-,16-,17-,18-,20?,21-,22?/m1/s1. The van der Waals surface area contributed by atoms with Crippen molar-refractivity contribution in [2.45, 2.75) is 66.7 Å². The Morgan fingerprint density at radius 2 is 1.95 bits per heavy atom. The van der Waals surface area contributed by atoms with E-state index < -0.39 is 80.8 Å². The number of Topliss-reactive ketones (excluding diaryl/α,β-unsaturated/α-hetero) is 1. The summed E-state index contributed by atoms with van der Waals surface area (Å²) in [7, 11) is -4.87. The second-order valence-corrected chi connectivity index (χ2v) is 11.7. The zero-order valence-corrected chi connectivity index (χ0v) is 21.4. The SMILES string of the molecule is Cc1ccc(CSC2C(=O)C23OC[C@H]2O[C@@H](NC=N)[C@H](F)[C@@H]2OP(=O)(O)OC[C@H]2OC[C@H](O3)[C@@H]2F)cc1. The average molecular weight is 565 g/mol. The highest BCUT2D eigenvalue weighted by molar-refractivity contribution is 8.00. The van der Waals surface area contributed by atoms with Gasteiger partial charge in [0.05, 0.1) is 26.2 Å². The fourth-order valence-electron chi connectivity index (χ4n) is 4.45. The molecule has 0 amide bonds. The number of alkyl halides is 2. The number of thioether (sulfide) groups is 1. The second kappa shape index (κ2) is 10.6. The molecule has 10 atom stereocenters. The number of hydrogen-bond donors (Lipinski definition) is 3. The number of nitrogens with one attached hydrogen (secondary N) is 2. The molecule has 1 spiro atoms. The molecule has 1 saturated carbocycles. The molecule has 204 valence electrons. The molecule has 5 rings (SSSR count). The van der Waals surface area contributed by atoms with Gasteiger partial charge in [-0.15, -0.1) is 11.8 Å². The minimum absolute atomic E-state index is 0.236. The molecule has 1 aromatic rings. The Kier molecular flexibility index (Phi) is 7.76. The Bertz CT molecular complexity index is 1070. The molecule has 3 N–H and O–H groups in total. The van der Waals surface area contributed by atoms with Gasteiger partial charge < -0.3 is 29.2 Å². The van der Waals surface area contributed by atoms with E-state index in [4.69, 9.17) is 33.4 Å². The van der Waals surface area contributed by atoms with Crippen molar-refractivity contribution in [3.63, 3.8) is 0 Å². The first kappa shape index (κ1) is 27.1. The Balaban J connectivity index is 1.38. The number of hydrogen-bond acceptors (Lipinski definition) is 10. The summed E-state index contributed by atoms with van der Waals surface area (Å²) in [5.41, 5.74) is 2.05. The van der Waals surface area contributed by atoms with Crippen molar-refractivity contribution in [1.29, 1.82) is 5.41 Å². The van der Waals surface area contributed by atoms with Crippen LogP contribution in [0.2, 0.25) is 0 Å². The Morgan fingerprint density at radius 3 is 2.68 bits per heavy atom. The van der Waals surface area contributed by atoms with Crippen molar-refractivity contribution in [1.82, 2.24) is 5.32 Å². The topological polar surface area (TPSA) is 146 Å². The van der Waals surface area contributed by atoms with Crippen molar-refractivity contribution in [3.8, 4) is 0 Å². The van der Waals surface area contributed by atoms with Crippen LogP contribution in [0.3, 0.4) is 0 Å². The lowest BCUT2D eigenvalue weighted by molar-refractivity contribution is -0.213. The van der Waals surface area contributed by atoms with Gasteiger partial charge in [0, 0.05) is 5.75 Å². The summed E-state index contributed by atoms with van der Waals surface area (Å²) in [4.78, 5) is 23.2. The Labute approximate surface area is 215 Å². The molecule has 3 unspecified atom stereocenters. The van der Waals surface area contributed by atoms with E-state index in [9.17, 15) is 14.3 Å². The maximum atomic E-state index is 15.1. The van der Waals surface area contributed by atoms with E-state index in [2.05, 4.69) is 5.32 Å². The summed E-state index contributed by atoms with van der Waals surface area (Å²) in [5.74, 6) is -1.81. The van der Waals surface area contributed by atoms with Crippen LogP contribution in [0.5, 0.6) is 0 Å². The summed E-state index contributed by atoms with van der Waals surface area (Å²) < 4.78 is 75.1. The average Bonchev–Trinajstić information content (AvgIpc) is 3.06. The number of fused-ring (bicyclic) bond motifs is 3.